The van der Waals surface area contributed by atoms with Gasteiger partial charge >= 0.3 is 0 Å². The second-order valence-corrected chi connectivity index (χ2v) is 9.30. The zero-order valence-corrected chi connectivity index (χ0v) is 19.2. The van der Waals surface area contributed by atoms with Gasteiger partial charge in [0.2, 0.25) is 0 Å². The van der Waals surface area contributed by atoms with Crippen LogP contribution in [-0.2, 0) is 0 Å². The van der Waals surface area contributed by atoms with Crippen LogP contribution in [0.4, 0.5) is 0 Å². The second-order valence-electron chi connectivity index (χ2n) is 7.65. The van der Waals surface area contributed by atoms with Crippen LogP contribution in [0.2, 0.25) is 0 Å². The minimum absolute atomic E-state index is 1.14. The van der Waals surface area contributed by atoms with E-state index in [2.05, 4.69) is 129 Å². The van der Waals surface area contributed by atoms with Gasteiger partial charge in [0, 0.05) is 8.95 Å². The highest BCUT2D eigenvalue weighted by molar-refractivity contribution is 9.11. The van der Waals surface area contributed by atoms with Crippen LogP contribution >= 0.6 is 31.9 Å². The fraction of sp³-hybridized carbons (Fsp3) is 0. The van der Waals surface area contributed by atoms with Gasteiger partial charge < -0.3 is 0 Å². The topological polar surface area (TPSA) is 0 Å². The molecule has 6 aromatic carbocycles. The Hall–Kier alpha value is -2.68. The fourth-order valence-corrected chi connectivity index (χ4v) is 5.63. The quantitative estimate of drug-likeness (QED) is 0.203. The largest absolute Gasteiger partial charge is 0.0622 e. The molecular formula is C28H16Br2. The number of hydrogen-bond donors (Lipinski definition) is 0. The van der Waals surface area contributed by atoms with Crippen LogP contribution < -0.4 is 0 Å². The van der Waals surface area contributed by atoms with Crippen molar-refractivity contribution >= 4 is 64.2 Å². The van der Waals surface area contributed by atoms with E-state index in [0.717, 1.165) is 8.95 Å². The predicted octanol–water partition coefficient (Wildman–Crippen LogP) is 9.44. The van der Waals surface area contributed by atoms with Crippen molar-refractivity contribution in [1.29, 1.82) is 0 Å². The van der Waals surface area contributed by atoms with Crippen LogP contribution in [0.1, 0.15) is 0 Å². The summed E-state index contributed by atoms with van der Waals surface area (Å²) in [4.78, 5) is 0. The molecule has 30 heavy (non-hydrogen) atoms. The first-order valence-corrected chi connectivity index (χ1v) is 11.5. The molecule has 0 nitrogen and oxygen atoms in total. The summed E-state index contributed by atoms with van der Waals surface area (Å²) in [7, 11) is 0. The molecule has 0 fully saturated rings. The van der Waals surface area contributed by atoms with Crippen LogP contribution in [0.15, 0.2) is 106 Å². The van der Waals surface area contributed by atoms with E-state index in [0.29, 0.717) is 0 Å². The van der Waals surface area contributed by atoms with Gasteiger partial charge in [-0.2, -0.15) is 0 Å². The Kier molecular flexibility index (Phi) is 4.19. The van der Waals surface area contributed by atoms with Crippen molar-refractivity contribution in [3.63, 3.8) is 0 Å². The summed E-state index contributed by atoms with van der Waals surface area (Å²) in [5, 5.41) is 7.71. The summed E-state index contributed by atoms with van der Waals surface area (Å²) in [6.45, 7) is 0. The summed E-state index contributed by atoms with van der Waals surface area (Å²) < 4.78 is 2.29. The highest BCUT2D eigenvalue weighted by atomic mass is 79.9. The van der Waals surface area contributed by atoms with Gasteiger partial charge in [-0.3, -0.25) is 0 Å². The minimum Gasteiger partial charge on any atom is -0.0622 e. The SMILES string of the molecule is Brc1ccc2ccc3c(Br)c(-c4ccc(-c5ccccc5)cc4)cc4ccc1c2c43. The highest BCUT2D eigenvalue weighted by Gasteiger charge is 2.15. The molecule has 0 saturated carbocycles. The van der Waals surface area contributed by atoms with E-state index in [1.807, 2.05) is 0 Å². The van der Waals surface area contributed by atoms with Crippen LogP contribution in [0.5, 0.6) is 0 Å². The van der Waals surface area contributed by atoms with Crippen molar-refractivity contribution in [3.8, 4) is 22.3 Å². The molecule has 2 heteroatoms. The summed E-state index contributed by atoms with van der Waals surface area (Å²) in [5.41, 5.74) is 4.91. The summed E-state index contributed by atoms with van der Waals surface area (Å²) in [6, 6.07) is 34.9. The molecule has 0 heterocycles. The smallest absolute Gasteiger partial charge is 0.0332 e. The number of halogens is 2. The number of hydrogen-bond acceptors (Lipinski definition) is 0. The molecule has 6 aromatic rings. The van der Waals surface area contributed by atoms with E-state index in [1.165, 1.54) is 54.6 Å². The first-order chi connectivity index (χ1) is 14.7. The molecule has 0 amide bonds. The maximum Gasteiger partial charge on any atom is 0.0332 e. The molecule has 0 aromatic heterocycles. The molecule has 0 atom stereocenters. The van der Waals surface area contributed by atoms with Gasteiger partial charge in [-0.25, -0.2) is 0 Å². The van der Waals surface area contributed by atoms with E-state index in [-0.39, 0.29) is 0 Å². The summed E-state index contributed by atoms with van der Waals surface area (Å²) in [5.74, 6) is 0. The summed E-state index contributed by atoms with van der Waals surface area (Å²) in [6.07, 6.45) is 0. The van der Waals surface area contributed by atoms with Crippen molar-refractivity contribution in [2.45, 2.75) is 0 Å². The third-order valence-electron chi connectivity index (χ3n) is 5.97. The normalized spacial score (nSPS) is 11.7. The molecule has 6 rings (SSSR count). The maximum atomic E-state index is 3.93. The lowest BCUT2D eigenvalue weighted by Crippen LogP contribution is -1.89. The van der Waals surface area contributed by atoms with Gasteiger partial charge in [0.1, 0.15) is 0 Å². The molecule has 0 unspecified atom stereocenters. The summed E-state index contributed by atoms with van der Waals surface area (Å²) >= 11 is 7.66. The number of benzene rings is 6. The Morgan fingerprint density at radius 1 is 0.467 bits per heavy atom. The van der Waals surface area contributed by atoms with Gasteiger partial charge in [0.05, 0.1) is 0 Å². The lowest BCUT2D eigenvalue weighted by atomic mass is 9.91. The highest BCUT2D eigenvalue weighted by Crippen LogP contribution is 2.44. The van der Waals surface area contributed by atoms with Gasteiger partial charge in [-0.05, 0) is 82.6 Å². The molecule has 0 saturated heterocycles. The van der Waals surface area contributed by atoms with Crippen molar-refractivity contribution in [1.82, 2.24) is 0 Å². The molecule has 142 valence electrons. The maximum absolute atomic E-state index is 3.93. The van der Waals surface area contributed by atoms with E-state index < -0.39 is 0 Å². The van der Waals surface area contributed by atoms with Gasteiger partial charge in [-0.1, -0.05) is 101 Å². The van der Waals surface area contributed by atoms with E-state index in [9.17, 15) is 0 Å². The Labute approximate surface area is 191 Å². The van der Waals surface area contributed by atoms with Crippen molar-refractivity contribution < 1.29 is 0 Å². The fourth-order valence-electron chi connectivity index (χ4n) is 4.49. The molecule has 0 aliphatic rings. The zero-order chi connectivity index (χ0) is 20.2. The molecule has 0 bridgehead atoms. The van der Waals surface area contributed by atoms with Crippen molar-refractivity contribution in [2.24, 2.45) is 0 Å². The first-order valence-electron chi connectivity index (χ1n) is 9.92. The molecule has 0 aliphatic carbocycles. The third-order valence-corrected chi connectivity index (χ3v) is 7.51. The molecule has 0 spiro atoms. The van der Waals surface area contributed by atoms with Gasteiger partial charge in [-0.15, -0.1) is 0 Å². The van der Waals surface area contributed by atoms with E-state index in [1.54, 1.807) is 0 Å². The third kappa shape index (κ3) is 2.71. The van der Waals surface area contributed by atoms with Crippen LogP contribution in [-0.4, -0.2) is 0 Å². The monoisotopic (exact) mass is 510 g/mol. The number of rotatable bonds is 2. The van der Waals surface area contributed by atoms with Gasteiger partial charge in [0.25, 0.3) is 0 Å². The first kappa shape index (κ1) is 18.1. The molecule has 0 N–H and O–H groups in total. The zero-order valence-electron chi connectivity index (χ0n) is 16.0. The average molecular weight is 512 g/mol. The van der Waals surface area contributed by atoms with Crippen molar-refractivity contribution in [3.05, 3.63) is 106 Å². The van der Waals surface area contributed by atoms with Crippen LogP contribution in [0.3, 0.4) is 0 Å². The standard InChI is InChI=1S/C28H16Br2/c29-25-15-12-20-10-14-23-27-21(11-13-22(25)26(20)27)16-24(28(23)30)19-8-6-18(7-9-19)17-4-2-1-3-5-17/h1-16H. The van der Waals surface area contributed by atoms with Crippen molar-refractivity contribution in [2.75, 3.05) is 0 Å². The molecular weight excluding hydrogens is 496 g/mol. The van der Waals surface area contributed by atoms with E-state index in [4.69, 9.17) is 0 Å². The Balaban J connectivity index is 1.58. The molecule has 0 aliphatic heterocycles. The Morgan fingerprint density at radius 3 is 1.87 bits per heavy atom. The lowest BCUT2D eigenvalue weighted by molar-refractivity contribution is 1.60. The lowest BCUT2D eigenvalue weighted by Gasteiger charge is -2.16. The Morgan fingerprint density at radius 2 is 1.07 bits per heavy atom. The molecule has 0 radical (unpaired) electrons. The minimum atomic E-state index is 1.14. The Bertz CT molecular complexity index is 1530. The van der Waals surface area contributed by atoms with E-state index >= 15 is 0 Å². The van der Waals surface area contributed by atoms with Gasteiger partial charge in [0.15, 0.2) is 0 Å². The predicted molar refractivity (Wildman–Crippen MR) is 136 cm³/mol. The second kappa shape index (κ2) is 6.94. The van der Waals surface area contributed by atoms with Crippen LogP contribution in [0.25, 0.3) is 54.6 Å². The van der Waals surface area contributed by atoms with Crippen LogP contribution in [0, 0.1) is 0 Å². The average Bonchev–Trinajstić information content (AvgIpc) is 2.80.